The van der Waals surface area contributed by atoms with E-state index in [1.165, 1.54) is 11.3 Å². The van der Waals surface area contributed by atoms with E-state index in [2.05, 4.69) is 15.7 Å². The molecule has 146 valence electrons. The lowest BCUT2D eigenvalue weighted by atomic mass is 10.3. The van der Waals surface area contributed by atoms with Gasteiger partial charge in [0.2, 0.25) is 5.91 Å². The quantitative estimate of drug-likeness (QED) is 0.508. The molecule has 4 aromatic rings. The summed E-state index contributed by atoms with van der Waals surface area (Å²) in [7, 11) is 0. The third kappa shape index (κ3) is 4.20. The number of nitrogens with one attached hydrogen (secondary N) is 1. The predicted octanol–water partition coefficient (Wildman–Crippen LogP) is 3.57. The van der Waals surface area contributed by atoms with E-state index in [9.17, 15) is 9.59 Å². The Kier molecular flexibility index (Phi) is 5.41. The number of aromatic nitrogens is 4. The van der Waals surface area contributed by atoms with Crippen LogP contribution < -0.4 is 15.7 Å². The number of ether oxygens (including phenoxy) is 1. The third-order valence-corrected chi connectivity index (χ3v) is 5.02. The zero-order valence-electron chi connectivity index (χ0n) is 14.9. The standard InChI is InChI=1S/C19H14ClN5O3S/c20-13-6-1-3-8-15(13)28-16-9-4-2-7-14(16)21-17(26)12-24-19(27)25(23-22-24)18-10-5-11-29-18/h1-11H,12H2,(H,21,26). The van der Waals surface area contributed by atoms with Gasteiger partial charge in [0.15, 0.2) is 5.75 Å². The highest BCUT2D eigenvalue weighted by Gasteiger charge is 2.15. The maximum atomic E-state index is 12.5. The normalized spacial score (nSPS) is 10.7. The molecule has 0 atom stereocenters. The Hall–Kier alpha value is -3.43. The summed E-state index contributed by atoms with van der Waals surface area (Å²) in [5, 5.41) is 13.2. The minimum absolute atomic E-state index is 0.287. The van der Waals surface area contributed by atoms with Crippen LogP contribution >= 0.6 is 22.9 Å². The van der Waals surface area contributed by atoms with Gasteiger partial charge in [-0.3, -0.25) is 4.79 Å². The number of rotatable bonds is 6. The SMILES string of the molecule is O=C(Cn1nnn(-c2cccs2)c1=O)Nc1ccccc1Oc1ccccc1Cl. The van der Waals surface area contributed by atoms with Gasteiger partial charge in [-0.05, 0) is 52.2 Å². The fourth-order valence-electron chi connectivity index (χ4n) is 2.53. The number of para-hydroxylation sites is 3. The van der Waals surface area contributed by atoms with Crippen molar-refractivity contribution in [2.45, 2.75) is 6.54 Å². The highest BCUT2D eigenvalue weighted by Crippen LogP contribution is 2.33. The number of carbonyl (C=O) groups is 1. The maximum absolute atomic E-state index is 12.5. The fraction of sp³-hybridized carbons (Fsp3) is 0.0526. The van der Waals surface area contributed by atoms with Crippen LogP contribution in [0.1, 0.15) is 0 Å². The molecule has 29 heavy (non-hydrogen) atoms. The summed E-state index contributed by atoms with van der Waals surface area (Å²) in [5.74, 6) is 0.440. The Morgan fingerprint density at radius 2 is 1.79 bits per heavy atom. The average molecular weight is 428 g/mol. The Balaban J connectivity index is 1.50. The second kappa shape index (κ2) is 8.29. The number of thiophene rings is 1. The molecular formula is C19H14ClN5O3S. The summed E-state index contributed by atoms with van der Waals surface area (Å²) < 4.78 is 7.96. The zero-order valence-corrected chi connectivity index (χ0v) is 16.4. The summed E-state index contributed by atoms with van der Waals surface area (Å²) >= 11 is 7.48. The lowest BCUT2D eigenvalue weighted by Crippen LogP contribution is -2.29. The first kappa shape index (κ1) is 18.9. The van der Waals surface area contributed by atoms with Crippen molar-refractivity contribution >= 4 is 34.5 Å². The van der Waals surface area contributed by atoms with E-state index in [0.29, 0.717) is 27.2 Å². The van der Waals surface area contributed by atoms with Gasteiger partial charge in [-0.25, -0.2) is 4.79 Å². The Morgan fingerprint density at radius 1 is 1.03 bits per heavy atom. The van der Waals surface area contributed by atoms with E-state index in [0.717, 1.165) is 9.36 Å². The van der Waals surface area contributed by atoms with Gasteiger partial charge in [0.25, 0.3) is 0 Å². The van der Waals surface area contributed by atoms with E-state index in [4.69, 9.17) is 16.3 Å². The van der Waals surface area contributed by atoms with Crippen LogP contribution in [0.15, 0.2) is 70.8 Å². The molecule has 0 aliphatic heterocycles. The summed E-state index contributed by atoms with van der Waals surface area (Å²) in [5.41, 5.74) is -0.0562. The summed E-state index contributed by atoms with van der Waals surface area (Å²) in [6.45, 7) is -0.287. The fourth-order valence-corrected chi connectivity index (χ4v) is 3.38. The molecule has 0 saturated heterocycles. The van der Waals surface area contributed by atoms with Crippen molar-refractivity contribution in [3.05, 3.63) is 81.6 Å². The van der Waals surface area contributed by atoms with Crippen LogP contribution in [-0.2, 0) is 11.3 Å². The second-order valence-corrected chi connectivity index (χ2v) is 7.19. The first-order chi connectivity index (χ1) is 14.1. The molecule has 1 N–H and O–H groups in total. The van der Waals surface area contributed by atoms with Gasteiger partial charge >= 0.3 is 5.69 Å². The van der Waals surface area contributed by atoms with Gasteiger partial charge in [-0.1, -0.05) is 35.9 Å². The molecule has 2 aromatic heterocycles. The largest absolute Gasteiger partial charge is 0.454 e. The van der Waals surface area contributed by atoms with Gasteiger partial charge in [0.05, 0.1) is 10.7 Å². The van der Waals surface area contributed by atoms with E-state index in [-0.39, 0.29) is 6.54 Å². The molecule has 1 amide bonds. The van der Waals surface area contributed by atoms with Crippen molar-refractivity contribution in [2.75, 3.05) is 5.32 Å². The molecule has 2 heterocycles. The van der Waals surface area contributed by atoms with Crippen molar-refractivity contribution in [1.82, 2.24) is 19.8 Å². The third-order valence-electron chi connectivity index (χ3n) is 3.87. The molecule has 0 aliphatic carbocycles. The monoisotopic (exact) mass is 427 g/mol. The van der Waals surface area contributed by atoms with E-state index < -0.39 is 11.6 Å². The predicted molar refractivity (Wildman–Crippen MR) is 110 cm³/mol. The van der Waals surface area contributed by atoms with Gasteiger partial charge in [-0.2, -0.15) is 9.36 Å². The number of nitrogens with zero attached hydrogens (tertiary/aromatic N) is 4. The van der Waals surface area contributed by atoms with Crippen LogP contribution in [0.2, 0.25) is 5.02 Å². The van der Waals surface area contributed by atoms with Crippen molar-refractivity contribution < 1.29 is 9.53 Å². The zero-order chi connectivity index (χ0) is 20.2. The summed E-state index contributed by atoms with van der Waals surface area (Å²) in [6, 6.07) is 17.5. The van der Waals surface area contributed by atoms with Crippen LogP contribution in [0.25, 0.3) is 5.00 Å². The van der Waals surface area contributed by atoms with E-state index in [1.807, 2.05) is 5.38 Å². The lowest BCUT2D eigenvalue weighted by molar-refractivity contribution is -0.117. The van der Waals surface area contributed by atoms with E-state index in [1.54, 1.807) is 60.7 Å². The topological polar surface area (TPSA) is 91.0 Å². The number of carbonyl (C=O) groups excluding carboxylic acids is 1. The van der Waals surface area contributed by atoms with Crippen molar-refractivity contribution in [3.63, 3.8) is 0 Å². The Bertz CT molecular complexity index is 1200. The van der Waals surface area contributed by atoms with Crippen LogP contribution in [-0.4, -0.2) is 25.7 Å². The highest BCUT2D eigenvalue weighted by atomic mass is 35.5. The molecule has 0 aliphatic rings. The van der Waals surface area contributed by atoms with Gasteiger partial charge in [0.1, 0.15) is 17.3 Å². The van der Waals surface area contributed by atoms with E-state index >= 15 is 0 Å². The Labute approximate surface area is 173 Å². The van der Waals surface area contributed by atoms with Crippen LogP contribution in [0.5, 0.6) is 11.5 Å². The molecule has 0 saturated carbocycles. The summed E-state index contributed by atoms with van der Waals surface area (Å²) in [4.78, 5) is 24.9. The first-order valence-corrected chi connectivity index (χ1v) is 9.75. The number of anilines is 1. The molecule has 0 radical (unpaired) electrons. The average Bonchev–Trinajstić information content (AvgIpc) is 3.36. The molecule has 2 aromatic carbocycles. The Morgan fingerprint density at radius 3 is 2.55 bits per heavy atom. The molecule has 8 nitrogen and oxygen atoms in total. The van der Waals surface area contributed by atoms with Crippen LogP contribution in [0.3, 0.4) is 0 Å². The molecule has 0 fully saturated rings. The molecule has 10 heteroatoms. The number of benzene rings is 2. The molecule has 0 bridgehead atoms. The number of halogens is 1. The molecular weight excluding hydrogens is 414 g/mol. The number of hydrogen-bond acceptors (Lipinski definition) is 6. The molecule has 0 unspecified atom stereocenters. The summed E-state index contributed by atoms with van der Waals surface area (Å²) in [6.07, 6.45) is 0. The smallest absolute Gasteiger partial charge is 0.369 e. The van der Waals surface area contributed by atoms with Crippen molar-refractivity contribution in [1.29, 1.82) is 0 Å². The van der Waals surface area contributed by atoms with Crippen LogP contribution in [0, 0.1) is 0 Å². The number of hydrogen-bond donors (Lipinski definition) is 1. The van der Waals surface area contributed by atoms with Gasteiger partial charge in [0, 0.05) is 0 Å². The van der Waals surface area contributed by atoms with Crippen molar-refractivity contribution in [3.8, 4) is 16.5 Å². The highest BCUT2D eigenvalue weighted by molar-refractivity contribution is 7.12. The van der Waals surface area contributed by atoms with Crippen molar-refractivity contribution in [2.24, 2.45) is 0 Å². The number of tetrazole rings is 1. The minimum Gasteiger partial charge on any atom is -0.454 e. The minimum atomic E-state index is -0.497. The molecule has 4 rings (SSSR count). The maximum Gasteiger partial charge on any atom is 0.369 e. The lowest BCUT2D eigenvalue weighted by Gasteiger charge is -2.12. The van der Waals surface area contributed by atoms with Gasteiger partial charge in [-0.15, -0.1) is 11.3 Å². The molecule has 0 spiro atoms. The van der Waals surface area contributed by atoms with Gasteiger partial charge < -0.3 is 10.1 Å². The van der Waals surface area contributed by atoms with Crippen LogP contribution in [0.4, 0.5) is 5.69 Å². The second-order valence-electron chi connectivity index (χ2n) is 5.86. The first-order valence-electron chi connectivity index (χ1n) is 8.50. The number of amides is 1.